The van der Waals surface area contributed by atoms with Gasteiger partial charge in [-0.05, 0) is 12.2 Å². The van der Waals surface area contributed by atoms with Crippen molar-refractivity contribution in [2.45, 2.75) is 0 Å². The van der Waals surface area contributed by atoms with Gasteiger partial charge in [0.2, 0.25) is 5.91 Å². The fraction of sp³-hybridized carbons (Fsp3) is 0. The second kappa shape index (κ2) is 7.42. The Morgan fingerprint density at radius 1 is 1.30 bits per heavy atom. The van der Waals surface area contributed by atoms with E-state index in [0.29, 0.717) is 0 Å². The number of carbonyl (C=O) groups excluding carboxylic acids is 1. The molecule has 0 aliphatic heterocycles. The normalized spacial score (nSPS) is 6.40. The predicted molar refractivity (Wildman–Crippen MR) is 41.5 cm³/mol. The Morgan fingerprint density at radius 3 is 1.50 bits per heavy atom. The Morgan fingerprint density at radius 2 is 1.50 bits per heavy atom. The first-order chi connectivity index (χ1) is 4.54. The van der Waals surface area contributed by atoms with Crippen molar-refractivity contribution in [2.75, 3.05) is 0 Å². The molecule has 0 aliphatic carbocycles. The molecule has 0 rings (SSSR count). The van der Waals surface area contributed by atoms with Crippen LogP contribution in [0.25, 0.3) is 0 Å². The molecule has 10 heavy (non-hydrogen) atoms. The van der Waals surface area contributed by atoms with Gasteiger partial charge in [0.25, 0.3) is 0 Å². The number of nitrogens with one attached hydrogen (secondary N) is 1. The van der Waals surface area contributed by atoms with Crippen molar-refractivity contribution in [1.29, 1.82) is 5.41 Å². The topological polar surface area (TPSA) is 93.0 Å². The van der Waals surface area contributed by atoms with Gasteiger partial charge in [0.15, 0.2) is 0 Å². The summed E-state index contributed by atoms with van der Waals surface area (Å²) in [5.41, 5.74) is 9.29. The maximum absolute atomic E-state index is 9.47. The van der Waals surface area contributed by atoms with Crippen molar-refractivity contribution in [2.24, 2.45) is 11.5 Å². The lowest BCUT2D eigenvalue weighted by atomic mass is 10.6. The fourth-order valence-corrected chi connectivity index (χ4v) is 0. The molecule has 56 valence electrons. The van der Waals surface area contributed by atoms with Crippen molar-refractivity contribution in [3.63, 3.8) is 0 Å². The van der Waals surface area contributed by atoms with Gasteiger partial charge in [-0.3, -0.25) is 10.2 Å². The minimum atomic E-state index is -0.481. The van der Waals surface area contributed by atoms with E-state index >= 15 is 0 Å². The second-order valence-electron chi connectivity index (χ2n) is 1.27. The predicted octanol–water partition coefficient (Wildman–Crippen LogP) is -0.234. The minimum Gasteiger partial charge on any atom is -0.384 e. The highest BCUT2D eigenvalue weighted by molar-refractivity contribution is 5.87. The molecule has 1 amide bonds. The molecule has 4 nitrogen and oxygen atoms in total. The van der Waals surface area contributed by atoms with E-state index in [-0.39, 0.29) is 5.84 Å². The summed E-state index contributed by atoms with van der Waals surface area (Å²) >= 11 is 0. The standard InChI is InChI=1S/C3H6N2.C3H5NO/c2*1-2-3(4)5/h2H,1H2,(H3,4,5);2H,1H2,(H2,4,5). The lowest BCUT2D eigenvalue weighted by Crippen LogP contribution is -2.04. The average molecular weight is 141 g/mol. The molecule has 4 heteroatoms. The first-order valence-electron chi connectivity index (χ1n) is 2.43. The van der Waals surface area contributed by atoms with Gasteiger partial charge in [-0.25, -0.2) is 0 Å². The number of carbonyl (C=O) groups is 1. The van der Waals surface area contributed by atoms with Crippen LogP contribution in [0.1, 0.15) is 0 Å². The first-order valence-corrected chi connectivity index (χ1v) is 2.43. The van der Waals surface area contributed by atoms with Crippen LogP contribution in [0.5, 0.6) is 0 Å². The fourth-order valence-electron chi connectivity index (χ4n) is 0. The monoisotopic (exact) mass is 141 g/mol. The van der Waals surface area contributed by atoms with Crippen molar-refractivity contribution in [1.82, 2.24) is 0 Å². The SMILES string of the molecule is C=CC(=N)N.C=CC(N)=O. The smallest absolute Gasteiger partial charge is 0.240 e. The van der Waals surface area contributed by atoms with E-state index in [9.17, 15) is 4.79 Å². The number of amidine groups is 1. The van der Waals surface area contributed by atoms with Crippen molar-refractivity contribution in [3.8, 4) is 0 Å². The number of hydrogen-bond acceptors (Lipinski definition) is 2. The maximum atomic E-state index is 9.47. The molecule has 0 bridgehead atoms. The Bertz CT molecular complexity index is 133. The number of primary amides is 1. The highest BCUT2D eigenvalue weighted by Crippen LogP contribution is 1.50. The Hall–Kier alpha value is -1.58. The summed E-state index contributed by atoms with van der Waals surface area (Å²) in [7, 11) is 0. The molecule has 0 aromatic carbocycles. The molecule has 0 aromatic rings. The second-order valence-corrected chi connectivity index (χ2v) is 1.27. The molecule has 0 aliphatic rings. The zero-order chi connectivity index (χ0) is 8.57. The highest BCUT2D eigenvalue weighted by Gasteiger charge is 1.69. The largest absolute Gasteiger partial charge is 0.384 e. The summed E-state index contributed by atoms with van der Waals surface area (Å²) < 4.78 is 0. The molecule has 0 aromatic heterocycles. The van der Waals surface area contributed by atoms with Crippen LogP contribution < -0.4 is 11.5 Å². The third kappa shape index (κ3) is 32.2. The lowest BCUT2D eigenvalue weighted by Gasteiger charge is -1.71. The quantitative estimate of drug-likeness (QED) is 0.281. The molecule has 0 atom stereocenters. The summed E-state index contributed by atoms with van der Waals surface area (Å²) in [5.74, 6) is -0.463. The molecular formula is C6H11N3O. The number of nitrogens with two attached hydrogens (primary N) is 2. The number of hydrogen-bond donors (Lipinski definition) is 3. The maximum Gasteiger partial charge on any atom is 0.240 e. The lowest BCUT2D eigenvalue weighted by molar-refractivity contribution is -0.113. The van der Waals surface area contributed by atoms with Crippen LogP contribution in [0.4, 0.5) is 0 Å². The number of rotatable bonds is 2. The molecule has 0 saturated carbocycles. The summed E-state index contributed by atoms with van der Waals surface area (Å²) in [4.78, 5) is 9.47. The van der Waals surface area contributed by atoms with Crippen LogP contribution in [0, 0.1) is 5.41 Å². The van der Waals surface area contributed by atoms with Gasteiger partial charge in [-0.15, -0.1) is 0 Å². The van der Waals surface area contributed by atoms with Gasteiger partial charge >= 0.3 is 0 Å². The Labute approximate surface area is 59.7 Å². The molecule has 5 N–H and O–H groups in total. The van der Waals surface area contributed by atoms with Gasteiger partial charge in [0.05, 0.1) is 0 Å². The van der Waals surface area contributed by atoms with Crippen LogP contribution in [0.3, 0.4) is 0 Å². The average Bonchev–Trinajstić information content (AvgIpc) is 1.89. The summed E-state index contributed by atoms with van der Waals surface area (Å²) in [5, 5.41) is 6.40. The van der Waals surface area contributed by atoms with Gasteiger partial charge in [-0.2, -0.15) is 0 Å². The Balaban J connectivity index is 0. The highest BCUT2D eigenvalue weighted by atomic mass is 16.1. The van der Waals surface area contributed by atoms with Gasteiger partial charge < -0.3 is 11.5 Å². The van der Waals surface area contributed by atoms with E-state index in [1.54, 1.807) is 0 Å². The number of amides is 1. The van der Waals surface area contributed by atoms with E-state index in [0.717, 1.165) is 6.08 Å². The molecule has 0 fully saturated rings. The molecule has 0 radical (unpaired) electrons. The van der Waals surface area contributed by atoms with Crippen LogP contribution >= 0.6 is 0 Å². The molecular weight excluding hydrogens is 130 g/mol. The zero-order valence-corrected chi connectivity index (χ0v) is 5.63. The molecule has 0 saturated heterocycles. The zero-order valence-electron chi connectivity index (χ0n) is 5.63. The summed E-state index contributed by atoms with van der Waals surface area (Å²) in [6, 6.07) is 0. The summed E-state index contributed by atoms with van der Waals surface area (Å²) in [6.07, 6.45) is 2.33. The minimum absolute atomic E-state index is 0.0185. The molecule has 0 spiro atoms. The van der Waals surface area contributed by atoms with Crippen LogP contribution in [0.2, 0.25) is 0 Å². The van der Waals surface area contributed by atoms with E-state index < -0.39 is 5.91 Å². The van der Waals surface area contributed by atoms with Gasteiger partial charge in [-0.1, -0.05) is 13.2 Å². The molecule has 0 heterocycles. The van der Waals surface area contributed by atoms with Crippen LogP contribution in [-0.2, 0) is 4.79 Å². The van der Waals surface area contributed by atoms with E-state index in [1.807, 2.05) is 0 Å². The van der Waals surface area contributed by atoms with Gasteiger partial charge in [0.1, 0.15) is 5.84 Å². The van der Waals surface area contributed by atoms with E-state index in [1.165, 1.54) is 6.08 Å². The Kier molecular flexibility index (Phi) is 8.35. The van der Waals surface area contributed by atoms with Crippen molar-refractivity contribution >= 4 is 11.7 Å². The van der Waals surface area contributed by atoms with Crippen LogP contribution in [-0.4, -0.2) is 11.7 Å². The van der Waals surface area contributed by atoms with Crippen molar-refractivity contribution in [3.05, 3.63) is 25.3 Å². The van der Waals surface area contributed by atoms with E-state index in [2.05, 4.69) is 18.9 Å². The van der Waals surface area contributed by atoms with Crippen LogP contribution in [0.15, 0.2) is 25.3 Å². The third-order valence-electron chi connectivity index (χ3n) is 0.421. The summed E-state index contributed by atoms with van der Waals surface area (Å²) in [6.45, 7) is 6.30. The molecule has 0 unspecified atom stereocenters. The van der Waals surface area contributed by atoms with Crippen molar-refractivity contribution < 1.29 is 4.79 Å². The third-order valence-corrected chi connectivity index (χ3v) is 0.421. The first kappa shape index (κ1) is 11.2. The van der Waals surface area contributed by atoms with E-state index in [4.69, 9.17) is 11.1 Å². The van der Waals surface area contributed by atoms with Gasteiger partial charge in [0, 0.05) is 0 Å².